The molecule has 8 heteroatoms. The van der Waals surface area contributed by atoms with Crippen molar-refractivity contribution >= 4 is 22.6 Å². The number of benzene rings is 2. The summed E-state index contributed by atoms with van der Waals surface area (Å²) in [6, 6.07) is 10.6. The van der Waals surface area contributed by atoms with Crippen molar-refractivity contribution in [3.8, 4) is 17.0 Å². The molecular weight excluding hydrogens is 398 g/mol. The van der Waals surface area contributed by atoms with Gasteiger partial charge in [0.15, 0.2) is 0 Å². The molecule has 0 spiro atoms. The van der Waals surface area contributed by atoms with Gasteiger partial charge in [-0.2, -0.15) is 8.78 Å². The van der Waals surface area contributed by atoms with Gasteiger partial charge < -0.3 is 14.3 Å². The van der Waals surface area contributed by atoms with Crippen molar-refractivity contribution in [1.82, 2.24) is 19.5 Å². The highest BCUT2D eigenvalue weighted by atomic mass is 35.5. The van der Waals surface area contributed by atoms with E-state index in [-0.39, 0.29) is 17.7 Å². The fraction of sp³-hybridized carbons (Fsp3) is 0.238. The Balaban J connectivity index is 1.72. The molecule has 2 aromatic carbocycles. The number of aromatic nitrogens is 4. The van der Waals surface area contributed by atoms with Crippen molar-refractivity contribution in [2.24, 2.45) is 0 Å². The molecule has 1 N–H and O–H groups in total. The predicted octanol–water partition coefficient (Wildman–Crippen LogP) is 5.43. The number of halogens is 3. The Bertz CT molecular complexity index is 1300. The highest BCUT2D eigenvalue weighted by Gasteiger charge is 2.43. The van der Waals surface area contributed by atoms with E-state index in [2.05, 4.69) is 9.55 Å². The Morgan fingerprint density at radius 1 is 1.24 bits per heavy atom. The lowest BCUT2D eigenvalue weighted by Crippen LogP contribution is -2.12. The molecule has 0 saturated carbocycles. The molecule has 2 bridgehead atoms. The third-order valence-electron chi connectivity index (χ3n) is 5.83. The first-order chi connectivity index (χ1) is 14.0. The summed E-state index contributed by atoms with van der Waals surface area (Å²) in [5.74, 6) is 1.78. The monoisotopic (exact) mass is 412 g/mol. The van der Waals surface area contributed by atoms with Crippen molar-refractivity contribution < 1.29 is 13.5 Å². The lowest BCUT2D eigenvalue weighted by atomic mass is 9.97. The highest BCUT2D eigenvalue weighted by molar-refractivity contribution is 6.31. The van der Waals surface area contributed by atoms with Crippen molar-refractivity contribution in [3.63, 3.8) is 0 Å². The van der Waals surface area contributed by atoms with Crippen molar-refractivity contribution in [2.75, 3.05) is 0 Å². The molecule has 2 aliphatic rings. The lowest BCUT2D eigenvalue weighted by Gasteiger charge is -2.21. The highest BCUT2D eigenvalue weighted by Crippen LogP contribution is 2.54. The lowest BCUT2D eigenvalue weighted by molar-refractivity contribution is -0.0506. The molecule has 4 heterocycles. The van der Waals surface area contributed by atoms with E-state index in [9.17, 15) is 8.78 Å². The van der Waals surface area contributed by atoms with Crippen LogP contribution in [-0.4, -0.2) is 26.1 Å². The fourth-order valence-electron chi connectivity index (χ4n) is 4.84. The molecule has 4 aromatic rings. The van der Waals surface area contributed by atoms with Crippen LogP contribution < -0.4 is 4.74 Å². The number of aryl methyl sites for hydroxylation is 1. The van der Waals surface area contributed by atoms with Crippen LogP contribution in [0.4, 0.5) is 8.78 Å². The molecular formula is C21H15ClF2N4O. The number of nitrogens with zero attached hydrogens (tertiary/aromatic N) is 3. The zero-order valence-electron chi connectivity index (χ0n) is 15.3. The first-order valence-corrected chi connectivity index (χ1v) is 9.71. The molecule has 0 saturated heterocycles. The third-order valence-corrected chi connectivity index (χ3v) is 6.06. The maximum atomic E-state index is 13.2. The maximum absolute atomic E-state index is 13.2. The third kappa shape index (κ3) is 2.31. The van der Waals surface area contributed by atoms with Gasteiger partial charge in [0.2, 0.25) is 0 Å². The van der Waals surface area contributed by atoms with Crippen molar-refractivity contribution in [2.45, 2.75) is 31.9 Å². The molecule has 6 rings (SSSR count). The summed E-state index contributed by atoms with van der Waals surface area (Å²) in [5.41, 5.74) is 5.00. The predicted molar refractivity (Wildman–Crippen MR) is 105 cm³/mol. The van der Waals surface area contributed by atoms with Crippen LogP contribution in [0.3, 0.4) is 0 Å². The smallest absolute Gasteiger partial charge is 0.387 e. The molecule has 0 aliphatic carbocycles. The van der Waals surface area contributed by atoms with Crippen LogP contribution in [0.25, 0.3) is 22.3 Å². The summed E-state index contributed by atoms with van der Waals surface area (Å²) < 4.78 is 33.4. The van der Waals surface area contributed by atoms with Gasteiger partial charge in [0, 0.05) is 16.1 Å². The summed E-state index contributed by atoms with van der Waals surface area (Å²) in [4.78, 5) is 12.9. The molecule has 0 radical (unpaired) electrons. The standard InChI is InChI=1S/C21H15ClF2N4O/c1-9-25-18-11-3-2-4-16(29-21(23)24)17(11)15-8-12(19(18)26-9)20-27-13-6-5-10(22)7-14(13)28(15)20/h2-7,12,15,21H,8H2,1H3,(H,25,26)/t12-,15+/m0/s1. The Morgan fingerprint density at radius 3 is 2.93 bits per heavy atom. The number of hydrogen-bond acceptors (Lipinski definition) is 3. The van der Waals surface area contributed by atoms with Crippen molar-refractivity contribution in [3.05, 3.63) is 64.3 Å². The summed E-state index contributed by atoms with van der Waals surface area (Å²) in [6.45, 7) is -1.01. The fourth-order valence-corrected chi connectivity index (χ4v) is 5.01. The zero-order chi connectivity index (χ0) is 19.9. The molecule has 2 aliphatic heterocycles. The van der Waals surface area contributed by atoms with Gasteiger partial charge in [0.25, 0.3) is 0 Å². The SMILES string of the molecule is Cc1nc2c([nH]1)-c1cccc(OC(F)F)c1[C@H]1C[C@@H]2c2nc3ccc(Cl)cc3n21. The minimum Gasteiger partial charge on any atom is -0.434 e. The summed E-state index contributed by atoms with van der Waals surface area (Å²) >= 11 is 6.25. The Hall–Kier alpha value is -2.93. The van der Waals surface area contributed by atoms with Gasteiger partial charge in [-0.15, -0.1) is 0 Å². The minimum atomic E-state index is -2.90. The molecule has 2 aromatic heterocycles. The van der Waals surface area contributed by atoms with E-state index in [1.54, 1.807) is 18.2 Å². The Labute approximate surface area is 169 Å². The van der Waals surface area contributed by atoms with Gasteiger partial charge in [-0.05, 0) is 37.6 Å². The Morgan fingerprint density at radius 2 is 2.10 bits per heavy atom. The molecule has 0 unspecified atom stereocenters. The van der Waals surface area contributed by atoms with E-state index in [4.69, 9.17) is 26.3 Å². The summed E-state index contributed by atoms with van der Waals surface area (Å²) in [6.07, 6.45) is 0.679. The first kappa shape index (κ1) is 17.0. The van der Waals surface area contributed by atoms with E-state index in [1.165, 1.54) is 0 Å². The topological polar surface area (TPSA) is 55.7 Å². The number of ether oxygens (including phenoxy) is 1. The van der Waals surface area contributed by atoms with E-state index >= 15 is 0 Å². The molecule has 5 nitrogen and oxygen atoms in total. The van der Waals surface area contributed by atoms with Crippen LogP contribution in [0.1, 0.15) is 41.3 Å². The number of nitrogens with one attached hydrogen (secondary N) is 1. The number of alkyl halides is 2. The van der Waals surface area contributed by atoms with Crippen LogP contribution in [0.15, 0.2) is 36.4 Å². The van der Waals surface area contributed by atoms with Crippen LogP contribution in [0.2, 0.25) is 5.02 Å². The van der Waals surface area contributed by atoms with E-state index < -0.39 is 6.61 Å². The zero-order valence-corrected chi connectivity index (χ0v) is 16.0. The summed E-state index contributed by atoms with van der Waals surface area (Å²) in [7, 11) is 0. The second kappa shape index (κ2) is 5.79. The number of fused-ring (bicyclic) bond motifs is 6. The average molecular weight is 413 g/mol. The molecule has 0 fully saturated rings. The maximum Gasteiger partial charge on any atom is 0.387 e. The quantitative estimate of drug-likeness (QED) is 0.477. The summed E-state index contributed by atoms with van der Waals surface area (Å²) in [5, 5.41) is 0.605. The minimum absolute atomic E-state index is 0.0436. The number of aromatic amines is 1. The first-order valence-electron chi connectivity index (χ1n) is 9.33. The van der Waals surface area contributed by atoms with Crippen LogP contribution in [-0.2, 0) is 0 Å². The van der Waals surface area contributed by atoms with Gasteiger partial charge in [-0.1, -0.05) is 23.7 Å². The van der Waals surface area contributed by atoms with E-state index in [0.717, 1.165) is 45.2 Å². The van der Waals surface area contributed by atoms with Gasteiger partial charge in [0.1, 0.15) is 17.4 Å². The molecule has 0 amide bonds. The van der Waals surface area contributed by atoms with Crippen LogP contribution in [0, 0.1) is 6.92 Å². The van der Waals surface area contributed by atoms with E-state index in [1.807, 2.05) is 25.1 Å². The van der Waals surface area contributed by atoms with Gasteiger partial charge in [-0.25, -0.2) is 9.97 Å². The van der Waals surface area contributed by atoms with Crippen molar-refractivity contribution in [1.29, 1.82) is 0 Å². The number of rotatable bonds is 2. The van der Waals surface area contributed by atoms with Crippen LogP contribution >= 0.6 is 11.6 Å². The van der Waals surface area contributed by atoms with Gasteiger partial charge >= 0.3 is 6.61 Å². The normalized spacial score (nSPS) is 19.2. The molecule has 2 atom stereocenters. The van der Waals surface area contributed by atoms with Crippen LogP contribution in [0.5, 0.6) is 5.75 Å². The number of imidazole rings is 2. The number of hydrogen-bond donors (Lipinski definition) is 1. The Kier molecular flexibility index (Phi) is 3.39. The largest absolute Gasteiger partial charge is 0.434 e. The van der Waals surface area contributed by atoms with E-state index in [0.29, 0.717) is 11.4 Å². The number of H-pyrrole nitrogens is 1. The van der Waals surface area contributed by atoms with Gasteiger partial charge in [-0.3, -0.25) is 0 Å². The molecule has 29 heavy (non-hydrogen) atoms. The average Bonchev–Trinajstić information content (AvgIpc) is 3.30. The second-order valence-corrected chi connectivity index (χ2v) is 7.89. The van der Waals surface area contributed by atoms with Gasteiger partial charge in [0.05, 0.1) is 34.4 Å². The second-order valence-electron chi connectivity index (χ2n) is 7.46. The molecule has 146 valence electrons.